The fourth-order valence-electron chi connectivity index (χ4n) is 3.42. The first-order chi connectivity index (χ1) is 12.6. The number of ether oxygens (including phenoxy) is 1. The van der Waals surface area contributed by atoms with Crippen molar-refractivity contribution < 1.29 is 18.7 Å². The van der Waals surface area contributed by atoms with Gasteiger partial charge in [0.05, 0.1) is 5.92 Å². The van der Waals surface area contributed by atoms with Crippen LogP contribution < -0.4 is 9.64 Å². The van der Waals surface area contributed by atoms with Crippen molar-refractivity contribution in [2.75, 3.05) is 31.1 Å². The molecule has 0 aliphatic carbocycles. The highest BCUT2D eigenvalue weighted by Crippen LogP contribution is 2.30. The molecule has 4 rings (SSSR count). The smallest absolute Gasteiger partial charge is 0.260 e. The molecule has 0 saturated carbocycles. The number of halogens is 1. The van der Waals surface area contributed by atoms with Gasteiger partial charge in [-0.15, -0.1) is 0 Å². The van der Waals surface area contributed by atoms with E-state index < -0.39 is 5.82 Å². The summed E-state index contributed by atoms with van der Waals surface area (Å²) in [6, 6.07) is 13.9. The summed E-state index contributed by atoms with van der Waals surface area (Å²) in [6.45, 7) is 1.24. The standard InChI is InChI=1S/C20H19FN2O3/c21-16-6-2-4-8-18(16)26-13-19(24)22-11-15(12-22)20(25)23-10-9-14-5-1-3-7-17(14)23/h1-8,15H,9-13H2. The van der Waals surface area contributed by atoms with Crippen molar-refractivity contribution in [3.8, 4) is 5.75 Å². The number of anilines is 1. The average molecular weight is 354 g/mol. The van der Waals surface area contributed by atoms with Gasteiger partial charge in [-0.25, -0.2) is 4.39 Å². The summed E-state index contributed by atoms with van der Waals surface area (Å²) >= 11 is 0. The number of fused-ring (bicyclic) bond motifs is 1. The summed E-state index contributed by atoms with van der Waals surface area (Å²) < 4.78 is 18.7. The van der Waals surface area contributed by atoms with Gasteiger partial charge in [0, 0.05) is 25.3 Å². The summed E-state index contributed by atoms with van der Waals surface area (Å²) in [5, 5.41) is 0. The summed E-state index contributed by atoms with van der Waals surface area (Å²) in [4.78, 5) is 28.2. The number of para-hydroxylation sites is 2. The van der Waals surface area contributed by atoms with Crippen LogP contribution in [0.2, 0.25) is 0 Å². The Morgan fingerprint density at radius 3 is 2.62 bits per heavy atom. The molecule has 2 heterocycles. The Hall–Kier alpha value is -2.89. The van der Waals surface area contributed by atoms with E-state index in [1.54, 1.807) is 17.0 Å². The molecule has 0 unspecified atom stereocenters. The lowest BCUT2D eigenvalue weighted by atomic mass is 9.98. The number of carbonyl (C=O) groups is 2. The molecule has 2 aromatic carbocycles. The molecular formula is C20H19FN2O3. The van der Waals surface area contributed by atoms with Crippen LogP contribution >= 0.6 is 0 Å². The van der Waals surface area contributed by atoms with Crippen LogP contribution in [0.15, 0.2) is 48.5 Å². The molecule has 26 heavy (non-hydrogen) atoms. The van der Waals surface area contributed by atoms with E-state index in [2.05, 4.69) is 0 Å². The van der Waals surface area contributed by atoms with Crippen LogP contribution in [0.5, 0.6) is 5.75 Å². The quantitative estimate of drug-likeness (QED) is 0.846. The topological polar surface area (TPSA) is 49.9 Å². The molecule has 2 amide bonds. The van der Waals surface area contributed by atoms with Gasteiger partial charge in [0.1, 0.15) is 0 Å². The molecule has 1 fully saturated rings. The number of rotatable bonds is 4. The highest BCUT2D eigenvalue weighted by Gasteiger charge is 2.39. The van der Waals surface area contributed by atoms with Gasteiger partial charge in [0.15, 0.2) is 18.2 Å². The molecule has 134 valence electrons. The second-order valence-corrected chi connectivity index (χ2v) is 6.58. The maximum absolute atomic E-state index is 13.5. The molecule has 0 N–H and O–H groups in total. The third kappa shape index (κ3) is 3.03. The first-order valence-electron chi connectivity index (χ1n) is 8.68. The van der Waals surface area contributed by atoms with Crippen molar-refractivity contribution in [3.05, 3.63) is 59.9 Å². The summed E-state index contributed by atoms with van der Waals surface area (Å²) in [5.41, 5.74) is 2.16. The Morgan fingerprint density at radius 1 is 1.08 bits per heavy atom. The normalized spacial score (nSPS) is 16.2. The van der Waals surface area contributed by atoms with Crippen LogP contribution in [0.1, 0.15) is 5.56 Å². The predicted molar refractivity (Wildman–Crippen MR) is 94.5 cm³/mol. The van der Waals surface area contributed by atoms with E-state index in [0.717, 1.165) is 12.1 Å². The lowest BCUT2D eigenvalue weighted by Crippen LogP contribution is -2.57. The van der Waals surface area contributed by atoms with Crippen molar-refractivity contribution in [2.24, 2.45) is 5.92 Å². The van der Waals surface area contributed by atoms with Crippen LogP contribution in [0.4, 0.5) is 10.1 Å². The predicted octanol–water partition coefficient (Wildman–Crippen LogP) is 2.25. The lowest BCUT2D eigenvalue weighted by Gasteiger charge is -2.39. The monoisotopic (exact) mass is 354 g/mol. The third-order valence-corrected chi connectivity index (χ3v) is 4.92. The number of carbonyl (C=O) groups excluding carboxylic acids is 2. The van der Waals surface area contributed by atoms with Gasteiger partial charge in [0.25, 0.3) is 5.91 Å². The van der Waals surface area contributed by atoms with E-state index in [9.17, 15) is 14.0 Å². The molecule has 0 spiro atoms. The molecular weight excluding hydrogens is 335 g/mol. The minimum Gasteiger partial charge on any atom is -0.481 e. The molecule has 0 bridgehead atoms. The second kappa shape index (κ2) is 6.78. The van der Waals surface area contributed by atoms with Gasteiger partial charge >= 0.3 is 0 Å². The number of hydrogen-bond acceptors (Lipinski definition) is 3. The van der Waals surface area contributed by atoms with E-state index in [1.165, 1.54) is 17.7 Å². The number of likely N-dealkylation sites (tertiary alicyclic amines) is 1. The number of hydrogen-bond donors (Lipinski definition) is 0. The molecule has 1 saturated heterocycles. The zero-order valence-corrected chi connectivity index (χ0v) is 14.2. The zero-order chi connectivity index (χ0) is 18.1. The Kier molecular flexibility index (Phi) is 4.32. The Labute approximate surface area is 151 Å². The summed E-state index contributed by atoms with van der Waals surface area (Å²) in [6.07, 6.45) is 0.869. The van der Waals surface area contributed by atoms with Gasteiger partial charge in [-0.1, -0.05) is 30.3 Å². The van der Waals surface area contributed by atoms with Crippen molar-refractivity contribution in [1.29, 1.82) is 0 Å². The van der Waals surface area contributed by atoms with E-state index in [4.69, 9.17) is 4.74 Å². The molecule has 0 aromatic heterocycles. The highest BCUT2D eigenvalue weighted by molar-refractivity contribution is 5.98. The maximum atomic E-state index is 13.5. The minimum absolute atomic E-state index is 0.0580. The number of amides is 2. The maximum Gasteiger partial charge on any atom is 0.260 e. The van der Waals surface area contributed by atoms with Crippen molar-refractivity contribution in [1.82, 2.24) is 4.90 Å². The lowest BCUT2D eigenvalue weighted by molar-refractivity contribution is -0.143. The fraction of sp³-hybridized carbons (Fsp3) is 0.300. The molecule has 2 aliphatic heterocycles. The second-order valence-electron chi connectivity index (χ2n) is 6.58. The van der Waals surface area contributed by atoms with Crippen LogP contribution in [0.3, 0.4) is 0 Å². The average Bonchev–Trinajstić information content (AvgIpc) is 3.04. The number of nitrogens with zero attached hydrogens (tertiary/aromatic N) is 2. The van der Waals surface area contributed by atoms with Crippen molar-refractivity contribution in [3.63, 3.8) is 0 Å². The van der Waals surface area contributed by atoms with Gasteiger partial charge in [-0.3, -0.25) is 9.59 Å². The first kappa shape index (κ1) is 16.6. The summed E-state index contributed by atoms with van der Waals surface area (Å²) in [5.74, 6) is -0.793. The molecule has 0 radical (unpaired) electrons. The Bertz CT molecular complexity index is 848. The molecule has 2 aliphatic rings. The van der Waals surface area contributed by atoms with Crippen LogP contribution in [-0.2, 0) is 16.0 Å². The SMILES string of the molecule is O=C(COc1ccccc1F)N1CC(C(=O)N2CCc3ccccc32)C1. The third-order valence-electron chi connectivity index (χ3n) is 4.92. The van der Waals surface area contributed by atoms with Crippen LogP contribution in [0.25, 0.3) is 0 Å². The van der Waals surface area contributed by atoms with Gasteiger partial charge < -0.3 is 14.5 Å². The molecule has 6 heteroatoms. The van der Waals surface area contributed by atoms with Crippen LogP contribution in [0, 0.1) is 11.7 Å². The Morgan fingerprint density at radius 2 is 1.81 bits per heavy atom. The highest BCUT2D eigenvalue weighted by atomic mass is 19.1. The van der Waals surface area contributed by atoms with E-state index in [1.807, 2.05) is 29.2 Å². The van der Waals surface area contributed by atoms with E-state index in [-0.39, 0.29) is 30.1 Å². The van der Waals surface area contributed by atoms with Gasteiger partial charge in [-0.05, 0) is 30.2 Å². The summed E-state index contributed by atoms with van der Waals surface area (Å²) in [7, 11) is 0. The Balaban J connectivity index is 1.29. The minimum atomic E-state index is -0.496. The van der Waals surface area contributed by atoms with E-state index >= 15 is 0 Å². The van der Waals surface area contributed by atoms with Gasteiger partial charge in [-0.2, -0.15) is 0 Å². The van der Waals surface area contributed by atoms with Crippen molar-refractivity contribution >= 4 is 17.5 Å². The van der Waals surface area contributed by atoms with E-state index in [0.29, 0.717) is 19.6 Å². The first-order valence-corrected chi connectivity index (χ1v) is 8.68. The fourth-order valence-corrected chi connectivity index (χ4v) is 3.42. The molecule has 2 aromatic rings. The molecule has 5 nitrogen and oxygen atoms in total. The zero-order valence-electron chi connectivity index (χ0n) is 14.2. The largest absolute Gasteiger partial charge is 0.481 e. The number of benzene rings is 2. The van der Waals surface area contributed by atoms with Gasteiger partial charge in [0.2, 0.25) is 5.91 Å². The molecule has 0 atom stereocenters. The van der Waals surface area contributed by atoms with Crippen molar-refractivity contribution in [2.45, 2.75) is 6.42 Å². The van der Waals surface area contributed by atoms with Crippen LogP contribution in [-0.4, -0.2) is 43.0 Å².